The van der Waals surface area contributed by atoms with Crippen molar-refractivity contribution in [2.45, 2.75) is 45.8 Å². The minimum Gasteiger partial charge on any atom is -0.462 e. The van der Waals surface area contributed by atoms with Gasteiger partial charge in [-0.2, -0.15) is 0 Å². The third-order valence-electron chi connectivity index (χ3n) is 2.91. The Labute approximate surface area is 136 Å². The number of aliphatic hydroxyl groups excluding tert-OH is 1. The molecule has 1 amide bonds. The van der Waals surface area contributed by atoms with Crippen LogP contribution in [0, 0.1) is 0 Å². The number of aliphatic hydroxyl groups is 1. The van der Waals surface area contributed by atoms with E-state index in [9.17, 15) is 14.7 Å². The van der Waals surface area contributed by atoms with Gasteiger partial charge in [0.15, 0.2) is 0 Å². The molecule has 1 atom stereocenters. The second-order valence-corrected chi connectivity index (χ2v) is 6.06. The van der Waals surface area contributed by atoms with Crippen LogP contribution in [0.2, 0.25) is 0 Å². The Bertz CT molecular complexity index is 536. The van der Waals surface area contributed by atoms with Crippen LogP contribution in [0.3, 0.4) is 0 Å². The summed E-state index contributed by atoms with van der Waals surface area (Å²) in [7, 11) is 0. The average molecular weight is 323 g/mol. The van der Waals surface area contributed by atoms with Crippen molar-refractivity contribution < 1.29 is 24.2 Å². The van der Waals surface area contributed by atoms with E-state index < -0.39 is 23.7 Å². The maximum Gasteiger partial charge on any atom is 0.408 e. The number of carbonyl (C=O) groups excluding carboxylic acids is 2. The largest absolute Gasteiger partial charge is 0.462 e. The summed E-state index contributed by atoms with van der Waals surface area (Å²) in [5.41, 5.74) is 0.495. The number of esters is 1. The fourth-order valence-electron chi connectivity index (χ4n) is 2.00. The standard InChI is InChI=1S/C17H25NO5/c1-5-22-15(20)13-8-6-7-12(11-13)14(9-10-19)18-16(21)23-17(2,3)4/h6-8,11,14,19H,5,9-10H2,1-4H3,(H,18,21). The molecule has 0 aromatic heterocycles. The quantitative estimate of drug-likeness (QED) is 0.786. The second kappa shape index (κ2) is 8.53. The van der Waals surface area contributed by atoms with Gasteiger partial charge in [-0.3, -0.25) is 0 Å². The minimum absolute atomic E-state index is 0.107. The number of ether oxygens (including phenoxy) is 2. The SMILES string of the molecule is CCOC(=O)c1cccc(C(CCO)NC(=O)OC(C)(C)C)c1. The first-order valence-corrected chi connectivity index (χ1v) is 7.64. The normalized spacial score (nSPS) is 12.4. The molecule has 1 rings (SSSR count). The molecule has 0 bridgehead atoms. The molecule has 0 radical (unpaired) electrons. The summed E-state index contributed by atoms with van der Waals surface area (Å²) < 4.78 is 10.2. The van der Waals surface area contributed by atoms with Gasteiger partial charge < -0.3 is 19.9 Å². The lowest BCUT2D eigenvalue weighted by atomic mass is 10.0. The van der Waals surface area contributed by atoms with E-state index in [4.69, 9.17) is 9.47 Å². The summed E-state index contributed by atoms with van der Waals surface area (Å²) in [6.45, 7) is 7.24. The Balaban J connectivity index is 2.90. The van der Waals surface area contributed by atoms with Crippen LogP contribution in [0.15, 0.2) is 24.3 Å². The van der Waals surface area contributed by atoms with E-state index >= 15 is 0 Å². The molecule has 0 aliphatic carbocycles. The lowest BCUT2D eigenvalue weighted by Gasteiger charge is -2.23. The summed E-state index contributed by atoms with van der Waals surface area (Å²) in [4.78, 5) is 23.7. The van der Waals surface area contributed by atoms with Gasteiger partial charge in [-0.1, -0.05) is 12.1 Å². The first-order chi connectivity index (χ1) is 10.8. The molecule has 1 aromatic rings. The average Bonchev–Trinajstić information content (AvgIpc) is 2.45. The number of hydrogen-bond donors (Lipinski definition) is 2. The van der Waals surface area contributed by atoms with Crippen LogP contribution in [0.5, 0.6) is 0 Å². The zero-order valence-corrected chi connectivity index (χ0v) is 14.1. The van der Waals surface area contributed by atoms with Crippen LogP contribution in [0.25, 0.3) is 0 Å². The highest BCUT2D eigenvalue weighted by Gasteiger charge is 2.21. The highest BCUT2D eigenvalue weighted by atomic mass is 16.6. The number of carbonyl (C=O) groups is 2. The van der Waals surface area contributed by atoms with E-state index in [1.54, 1.807) is 52.0 Å². The maximum atomic E-state index is 11.9. The topological polar surface area (TPSA) is 84.9 Å². The molecule has 1 unspecified atom stereocenters. The Hall–Kier alpha value is -2.08. The molecule has 0 saturated heterocycles. The van der Waals surface area contributed by atoms with E-state index in [1.165, 1.54) is 0 Å². The third-order valence-corrected chi connectivity index (χ3v) is 2.91. The Kier molecular flexibility index (Phi) is 7.03. The molecule has 0 aliphatic heterocycles. The molecule has 0 heterocycles. The molecule has 23 heavy (non-hydrogen) atoms. The number of amides is 1. The second-order valence-electron chi connectivity index (χ2n) is 6.06. The van der Waals surface area contributed by atoms with Crippen molar-refractivity contribution >= 4 is 12.1 Å². The van der Waals surface area contributed by atoms with Crippen LogP contribution in [-0.2, 0) is 9.47 Å². The number of benzene rings is 1. The smallest absolute Gasteiger partial charge is 0.408 e. The molecule has 0 aliphatic rings. The van der Waals surface area contributed by atoms with Crippen molar-refractivity contribution in [3.05, 3.63) is 35.4 Å². The van der Waals surface area contributed by atoms with Crippen LogP contribution >= 0.6 is 0 Å². The summed E-state index contributed by atoms with van der Waals surface area (Å²) in [5, 5.41) is 11.9. The van der Waals surface area contributed by atoms with Gasteiger partial charge >= 0.3 is 12.1 Å². The third kappa shape index (κ3) is 6.69. The van der Waals surface area contributed by atoms with Gasteiger partial charge in [0, 0.05) is 6.61 Å². The molecule has 2 N–H and O–H groups in total. The van der Waals surface area contributed by atoms with E-state index in [0.717, 1.165) is 0 Å². The molecule has 0 fully saturated rings. The summed E-state index contributed by atoms with van der Waals surface area (Å²) in [6, 6.07) is 6.33. The van der Waals surface area contributed by atoms with Crippen molar-refractivity contribution in [1.29, 1.82) is 0 Å². The predicted octanol–water partition coefficient (Wildman–Crippen LogP) is 2.81. The molecular weight excluding hydrogens is 298 g/mol. The first kappa shape index (κ1) is 19.0. The molecular formula is C17H25NO5. The van der Waals surface area contributed by atoms with Gasteiger partial charge in [-0.15, -0.1) is 0 Å². The maximum absolute atomic E-state index is 11.9. The number of hydrogen-bond acceptors (Lipinski definition) is 5. The highest BCUT2D eigenvalue weighted by molar-refractivity contribution is 5.89. The van der Waals surface area contributed by atoms with E-state index in [2.05, 4.69) is 5.32 Å². The Morgan fingerprint density at radius 2 is 2.00 bits per heavy atom. The lowest BCUT2D eigenvalue weighted by molar-refractivity contribution is 0.0495. The predicted molar refractivity (Wildman–Crippen MR) is 86.2 cm³/mol. The van der Waals surface area contributed by atoms with Crippen molar-refractivity contribution in [1.82, 2.24) is 5.32 Å². The number of alkyl carbamates (subject to hydrolysis) is 1. The lowest BCUT2D eigenvalue weighted by Crippen LogP contribution is -2.35. The minimum atomic E-state index is -0.610. The summed E-state index contributed by atoms with van der Waals surface area (Å²) in [6.07, 6.45) is -0.261. The Morgan fingerprint density at radius 3 is 2.57 bits per heavy atom. The van der Waals surface area contributed by atoms with Crippen molar-refractivity contribution in [2.75, 3.05) is 13.2 Å². The van der Waals surface area contributed by atoms with Crippen molar-refractivity contribution in [2.24, 2.45) is 0 Å². The zero-order chi connectivity index (χ0) is 17.5. The van der Waals surface area contributed by atoms with Crippen molar-refractivity contribution in [3.8, 4) is 0 Å². The van der Waals surface area contributed by atoms with Crippen LogP contribution in [0.1, 0.15) is 56.1 Å². The van der Waals surface area contributed by atoms with Crippen molar-refractivity contribution in [3.63, 3.8) is 0 Å². The van der Waals surface area contributed by atoms with Crippen LogP contribution in [-0.4, -0.2) is 36.0 Å². The molecule has 1 aromatic carbocycles. The van der Waals surface area contributed by atoms with Gasteiger partial charge in [0.05, 0.1) is 18.2 Å². The number of nitrogens with one attached hydrogen (secondary N) is 1. The van der Waals surface area contributed by atoms with E-state index in [0.29, 0.717) is 24.2 Å². The fourth-order valence-corrected chi connectivity index (χ4v) is 2.00. The molecule has 128 valence electrons. The van der Waals surface area contributed by atoms with E-state index in [-0.39, 0.29) is 6.61 Å². The van der Waals surface area contributed by atoms with Gasteiger partial charge in [0.25, 0.3) is 0 Å². The first-order valence-electron chi connectivity index (χ1n) is 7.64. The zero-order valence-electron chi connectivity index (χ0n) is 14.1. The van der Waals surface area contributed by atoms with E-state index in [1.807, 2.05) is 0 Å². The molecule has 6 heteroatoms. The molecule has 6 nitrogen and oxygen atoms in total. The van der Waals surface area contributed by atoms with Gasteiger partial charge in [-0.25, -0.2) is 9.59 Å². The molecule has 0 spiro atoms. The summed E-state index contributed by atoms with van der Waals surface area (Å²) >= 11 is 0. The van der Waals surface area contributed by atoms with Crippen LogP contribution < -0.4 is 5.32 Å². The molecule has 0 saturated carbocycles. The number of rotatable bonds is 6. The Morgan fingerprint density at radius 1 is 1.30 bits per heavy atom. The van der Waals surface area contributed by atoms with Gasteiger partial charge in [-0.05, 0) is 51.8 Å². The highest BCUT2D eigenvalue weighted by Crippen LogP contribution is 2.19. The van der Waals surface area contributed by atoms with Crippen LogP contribution in [0.4, 0.5) is 4.79 Å². The van der Waals surface area contributed by atoms with Gasteiger partial charge in [0.2, 0.25) is 0 Å². The van der Waals surface area contributed by atoms with Gasteiger partial charge in [0.1, 0.15) is 5.60 Å². The fraction of sp³-hybridized carbons (Fsp3) is 0.529. The monoisotopic (exact) mass is 323 g/mol. The summed E-state index contributed by atoms with van der Waals surface area (Å²) in [5.74, 6) is -0.422.